The molecule has 0 radical (unpaired) electrons. The van der Waals surface area contributed by atoms with E-state index in [1.165, 1.54) is 6.92 Å². The minimum atomic E-state index is -0.246. The Kier molecular flexibility index (Phi) is 5.79. The van der Waals surface area contributed by atoms with Crippen LogP contribution in [0.15, 0.2) is 59.1 Å². The van der Waals surface area contributed by atoms with Crippen molar-refractivity contribution in [2.75, 3.05) is 13.6 Å². The lowest BCUT2D eigenvalue weighted by Crippen LogP contribution is -2.29. The molecule has 158 valence electrons. The topological polar surface area (TPSA) is 101 Å². The standard InChI is InChI=1S/C23H22N4O4/c1-15(28)16-6-5-7-17(12-16)30-14-18-13-21(26-31-18)23(29)27(2)11-10-22-24-19-8-3-4-9-20(19)25-22/h3-9,12-13H,10-11,14H2,1-2H3,(H,24,25). The number of ketones is 1. The van der Waals surface area contributed by atoms with Gasteiger partial charge in [-0.15, -0.1) is 0 Å². The number of fused-ring (bicyclic) bond motifs is 1. The van der Waals surface area contributed by atoms with Crippen LogP contribution in [0.5, 0.6) is 5.75 Å². The molecule has 8 heteroatoms. The summed E-state index contributed by atoms with van der Waals surface area (Å²) in [5.74, 6) is 1.50. The van der Waals surface area contributed by atoms with Gasteiger partial charge in [0.25, 0.3) is 5.91 Å². The SMILES string of the molecule is CC(=O)c1cccc(OCc2cc(C(=O)N(C)CCc3nc4ccccc4[nH]3)no2)c1. The average Bonchev–Trinajstić information content (AvgIpc) is 3.42. The molecule has 2 aromatic heterocycles. The van der Waals surface area contributed by atoms with Gasteiger partial charge in [-0.25, -0.2) is 4.98 Å². The first-order chi connectivity index (χ1) is 15.0. The highest BCUT2D eigenvalue weighted by atomic mass is 16.5. The molecule has 0 aliphatic heterocycles. The number of H-pyrrole nitrogens is 1. The van der Waals surface area contributed by atoms with Gasteiger partial charge < -0.3 is 19.1 Å². The normalized spacial score (nSPS) is 10.9. The number of nitrogens with one attached hydrogen (secondary N) is 1. The third-order valence-corrected chi connectivity index (χ3v) is 4.87. The summed E-state index contributed by atoms with van der Waals surface area (Å²) in [7, 11) is 1.71. The van der Waals surface area contributed by atoms with Crippen molar-refractivity contribution in [3.63, 3.8) is 0 Å². The van der Waals surface area contributed by atoms with Crippen LogP contribution < -0.4 is 4.74 Å². The number of amides is 1. The Morgan fingerprint density at radius 3 is 2.77 bits per heavy atom. The van der Waals surface area contributed by atoms with Crippen LogP contribution in [0.4, 0.5) is 0 Å². The van der Waals surface area contributed by atoms with Crippen molar-refractivity contribution in [3.8, 4) is 5.75 Å². The van der Waals surface area contributed by atoms with Crippen LogP contribution in [0.3, 0.4) is 0 Å². The average molecular weight is 418 g/mol. The lowest BCUT2D eigenvalue weighted by Gasteiger charge is -2.14. The second kappa shape index (κ2) is 8.83. The predicted molar refractivity (Wildman–Crippen MR) is 114 cm³/mol. The van der Waals surface area contributed by atoms with E-state index in [4.69, 9.17) is 9.26 Å². The summed E-state index contributed by atoms with van der Waals surface area (Å²) in [6.45, 7) is 2.08. The Morgan fingerprint density at radius 1 is 1.13 bits per heavy atom. The number of hydrogen-bond donors (Lipinski definition) is 1. The van der Waals surface area contributed by atoms with E-state index < -0.39 is 0 Å². The van der Waals surface area contributed by atoms with Crippen LogP contribution in [0.2, 0.25) is 0 Å². The Hall–Kier alpha value is -3.94. The largest absolute Gasteiger partial charge is 0.486 e. The predicted octanol–water partition coefficient (Wildman–Crippen LogP) is 3.65. The molecular formula is C23H22N4O4. The van der Waals surface area contributed by atoms with Gasteiger partial charge in [0, 0.05) is 31.6 Å². The van der Waals surface area contributed by atoms with Gasteiger partial charge in [0.2, 0.25) is 0 Å². The fourth-order valence-electron chi connectivity index (χ4n) is 3.14. The summed E-state index contributed by atoms with van der Waals surface area (Å²) in [4.78, 5) is 33.5. The van der Waals surface area contributed by atoms with Crippen molar-refractivity contribution in [2.24, 2.45) is 0 Å². The molecule has 0 atom stereocenters. The Balaban J connectivity index is 1.32. The van der Waals surface area contributed by atoms with E-state index in [2.05, 4.69) is 15.1 Å². The summed E-state index contributed by atoms with van der Waals surface area (Å²) < 4.78 is 10.9. The van der Waals surface area contributed by atoms with Crippen molar-refractivity contribution in [3.05, 3.63) is 77.4 Å². The Bertz CT molecular complexity index is 1190. The van der Waals surface area contributed by atoms with Crippen LogP contribution in [-0.2, 0) is 13.0 Å². The summed E-state index contributed by atoms with van der Waals surface area (Å²) in [6.07, 6.45) is 0.594. The fraction of sp³-hybridized carbons (Fsp3) is 0.217. The van der Waals surface area contributed by atoms with Crippen LogP contribution in [0, 0.1) is 0 Å². The molecule has 0 spiro atoms. The molecule has 0 aliphatic rings. The highest BCUT2D eigenvalue weighted by molar-refractivity contribution is 5.94. The van der Waals surface area contributed by atoms with Crippen molar-refractivity contribution in [1.82, 2.24) is 20.0 Å². The molecule has 1 N–H and O–H groups in total. The quantitative estimate of drug-likeness (QED) is 0.438. The number of carbonyl (C=O) groups excluding carboxylic acids is 2. The van der Waals surface area contributed by atoms with E-state index in [-0.39, 0.29) is 24.0 Å². The fourth-order valence-corrected chi connectivity index (χ4v) is 3.14. The van der Waals surface area contributed by atoms with Crippen molar-refractivity contribution < 1.29 is 18.8 Å². The zero-order chi connectivity index (χ0) is 21.8. The molecule has 0 saturated heterocycles. The van der Waals surface area contributed by atoms with Crippen molar-refractivity contribution in [1.29, 1.82) is 0 Å². The van der Waals surface area contributed by atoms with E-state index in [1.54, 1.807) is 42.3 Å². The number of likely N-dealkylation sites (N-methyl/N-ethyl adjacent to an activating group) is 1. The van der Waals surface area contributed by atoms with Crippen LogP contribution in [0.1, 0.15) is 39.4 Å². The molecule has 0 fully saturated rings. The number of ether oxygens (including phenoxy) is 1. The first-order valence-electron chi connectivity index (χ1n) is 9.88. The van der Waals surface area contributed by atoms with Gasteiger partial charge in [-0.2, -0.15) is 0 Å². The summed E-state index contributed by atoms with van der Waals surface area (Å²) in [5.41, 5.74) is 2.66. The number of nitrogens with zero attached hydrogens (tertiary/aromatic N) is 3. The molecular weight excluding hydrogens is 396 g/mol. The molecule has 0 saturated carbocycles. The lowest BCUT2D eigenvalue weighted by molar-refractivity contribution is 0.0785. The maximum atomic E-state index is 12.6. The molecule has 4 aromatic rings. The number of aromatic nitrogens is 3. The molecule has 0 aliphatic carbocycles. The molecule has 8 nitrogen and oxygen atoms in total. The smallest absolute Gasteiger partial charge is 0.275 e. The second-order valence-corrected chi connectivity index (χ2v) is 7.23. The number of hydrogen-bond acceptors (Lipinski definition) is 6. The number of benzene rings is 2. The molecule has 31 heavy (non-hydrogen) atoms. The van der Waals surface area contributed by atoms with Gasteiger partial charge in [-0.1, -0.05) is 29.4 Å². The van der Waals surface area contributed by atoms with E-state index in [0.717, 1.165) is 16.9 Å². The van der Waals surface area contributed by atoms with Gasteiger partial charge in [0.15, 0.2) is 17.2 Å². The third-order valence-electron chi connectivity index (χ3n) is 4.87. The Labute approximate surface area is 178 Å². The number of Topliss-reactive ketones (excluding diaryl/α,β-unsaturated/α-hetero) is 1. The minimum absolute atomic E-state index is 0.0383. The second-order valence-electron chi connectivity index (χ2n) is 7.23. The van der Waals surface area contributed by atoms with E-state index in [1.807, 2.05) is 24.3 Å². The molecule has 0 unspecified atom stereocenters. The summed E-state index contributed by atoms with van der Waals surface area (Å²) in [5, 5.41) is 3.86. The van der Waals surface area contributed by atoms with Gasteiger partial charge in [0.05, 0.1) is 11.0 Å². The van der Waals surface area contributed by atoms with Gasteiger partial charge in [-0.05, 0) is 31.2 Å². The van der Waals surface area contributed by atoms with Gasteiger partial charge >= 0.3 is 0 Å². The Morgan fingerprint density at radius 2 is 1.97 bits per heavy atom. The van der Waals surface area contributed by atoms with Crippen molar-refractivity contribution in [2.45, 2.75) is 20.0 Å². The molecule has 2 heterocycles. The molecule has 1 amide bonds. The first kappa shape index (κ1) is 20.3. The number of imidazole rings is 1. The molecule has 0 bridgehead atoms. The van der Waals surface area contributed by atoms with E-state index >= 15 is 0 Å². The lowest BCUT2D eigenvalue weighted by atomic mass is 10.1. The number of rotatable bonds is 8. The number of carbonyl (C=O) groups is 2. The minimum Gasteiger partial charge on any atom is -0.486 e. The first-order valence-corrected chi connectivity index (χ1v) is 9.88. The highest BCUT2D eigenvalue weighted by Gasteiger charge is 2.18. The number of aromatic amines is 1. The summed E-state index contributed by atoms with van der Waals surface area (Å²) in [6, 6.07) is 16.3. The highest BCUT2D eigenvalue weighted by Crippen LogP contribution is 2.17. The maximum absolute atomic E-state index is 12.6. The van der Waals surface area contributed by atoms with Crippen molar-refractivity contribution >= 4 is 22.7 Å². The van der Waals surface area contributed by atoms with E-state index in [0.29, 0.717) is 30.0 Å². The zero-order valence-corrected chi connectivity index (χ0v) is 17.3. The molecule has 4 rings (SSSR count). The maximum Gasteiger partial charge on any atom is 0.275 e. The monoisotopic (exact) mass is 418 g/mol. The van der Waals surface area contributed by atoms with Gasteiger partial charge in [0.1, 0.15) is 18.2 Å². The number of para-hydroxylation sites is 2. The van der Waals surface area contributed by atoms with Crippen LogP contribution >= 0.6 is 0 Å². The molecule has 2 aromatic carbocycles. The third kappa shape index (κ3) is 4.80. The summed E-state index contributed by atoms with van der Waals surface area (Å²) >= 11 is 0. The zero-order valence-electron chi connectivity index (χ0n) is 17.3. The van der Waals surface area contributed by atoms with E-state index in [9.17, 15) is 9.59 Å². The van der Waals surface area contributed by atoms with Crippen LogP contribution in [-0.4, -0.2) is 45.3 Å². The van der Waals surface area contributed by atoms with Gasteiger partial charge in [-0.3, -0.25) is 9.59 Å². The van der Waals surface area contributed by atoms with Crippen LogP contribution in [0.25, 0.3) is 11.0 Å².